The van der Waals surface area contributed by atoms with Crippen LogP contribution in [0, 0.1) is 5.82 Å². The van der Waals surface area contributed by atoms with E-state index in [1.54, 1.807) is 13.8 Å². The topological polar surface area (TPSA) is 78.9 Å². The van der Waals surface area contributed by atoms with Crippen LogP contribution in [-0.4, -0.2) is 38.2 Å². The zero-order valence-electron chi connectivity index (χ0n) is 12.9. The van der Waals surface area contributed by atoms with Crippen LogP contribution < -0.4 is 0 Å². The molecular formula is C15H16ClFO6. The molecule has 0 saturated heterocycles. The maximum Gasteiger partial charge on any atom is 0.339 e. The molecule has 0 aliphatic rings. The first-order chi connectivity index (χ1) is 10.9. The van der Waals surface area contributed by atoms with Crippen LogP contribution in [0.5, 0.6) is 0 Å². The van der Waals surface area contributed by atoms with E-state index >= 15 is 0 Å². The van der Waals surface area contributed by atoms with Gasteiger partial charge in [-0.05, 0) is 26.0 Å². The van der Waals surface area contributed by atoms with Gasteiger partial charge >= 0.3 is 17.9 Å². The Hall–Kier alpha value is -2.15. The molecule has 1 aromatic rings. The molecule has 0 radical (unpaired) electrons. The molecule has 0 heterocycles. The largest absolute Gasteiger partial charge is 0.465 e. The maximum absolute atomic E-state index is 14.3. The fraction of sp³-hybridized carbons (Fsp3) is 0.400. The molecule has 23 heavy (non-hydrogen) atoms. The predicted molar refractivity (Wildman–Crippen MR) is 78.8 cm³/mol. The van der Waals surface area contributed by atoms with Crippen molar-refractivity contribution in [2.45, 2.75) is 19.8 Å². The van der Waals surface area contributed by atoms with Crippen LogP contribution in [-0.2, 0) is 23.8 Å². The minimum Gasteiger partial charge on any atom is -0.465 e. The first-order valence-corrected chi connectivity index (χ1v) is 7.15. The Morgan fingerprint density at radius 2 is 1.65 bits per heavy atom. The molecular weight excluding hydrogens is 331 g/mol. The normalized spacial score (nSPS) is 10.3. The van der Waals surface area contributed by atoms with E-state index in [2.05, 4.69) is 4.74 Å². The van der Waals surface area contributed by atoms with Crippen molar-refractivity contribution in [1.29, 1.82) is 0 Å². The molecule has 0 fully saturated rings. The Balaban J connectivity index is 3.36. The minimum absolute atomic E-state index is 0.00430. The molecule has 126 valence electrons. The summed E-state index contributed by atoms with van der Waals surface area (Å²) in [7, 11) is 1.12. The number of rotatable bonds is 6. The van der Waals surface area contributed by atoms with E-state index in [9.17, 15) is 18.8 Å². The summed E-state index contributed by atoms with van der Waals surface area (Å²) in [5.74, 6) is -5.37. The second-order valence-corrected chi connectivity index (χ2v) is 4.69. The molecule has 0 atom stereocenters. The number of ether oxygens (including phenoxy) is 3. The van der Waals surface area contributed by atoms with Gasteiger partial charge in [0, 0.05) is 5.56 Å². The quantitative estimate of drug-likeness (QED) is 0.447. The highest BCUT2D eigenvalue weighted by Gasteiger charge is 2.34. The fourth-order valence-corrected chi connectivity index (χ4v) is 2.10. The second kappa shape index (κ2) is 8.47. The summed E-state index contributed by atoms with van der Waals surface area (Å²) in [6.07, 6.45) is 0. The highest BCUT2D eigenvalue weighted by atomic mass is 35.5. The summed E-state index contributed by atoms with van der Waals surface area (Å²) < 4.78 is 28.3. The van der Waals surface area contributed by atoms with Crippen molar-refractivity contribution in [3.05, 3.63) is 34.1 Å². The van der Waals surface area contributed by atoms with Gasteiger partial charge in [-0.1, -0.05) is 11.6 Å². The molecule has 6 nitrogen and oxygen atoms in total. The van der Waals surface area contributed by atoms with E-state index in [-0.39, 0.29) is 29.4 Å². The van der Waals surface area contributed by atoms with Gasteiger partial charge in [0.25, 0.3) is 0 Å². The third-order valence-electron chi connectivity index (χ3n) is 2.85. The Bertz CT molecular complexity index is 598. The number of benzene rings is 1. The van der Waals surface area contributed by atoms with Crippen molar-refractivity contribution >= 4 is 29.5 Å². The lowest BCUT2D eigenvalue weighted by molar-refractivity contribution is -0.157. The van der Waals surface area contributed by atoms with Gasteiger partial charge in [0.2, 0.25) is 0 Å². The Morgan fingerprint density at radius 3 is 2.09 bits per heavy atom. The number of hydrogen-bond donors (Lipinski definition) is 0. The molecule has 0 aliphatic heterocycles. The van der Waals surface area contributed by atoms with E-state index in [0.717, 1.165) is 19.2 Å². The number of methoxy groups -OCH3 is 1. The number of carbonyl (C=O) groups is 3. The van der Waals surface area contributed by atoms with Crippen LogP contribution in [0.15, 0.2) is 12.1 Å². The summed E-state index contributed by atoms with van der Waals surface area (Å²) in [6.45, 7) is 3.10. The fourth-order valence-electron chi connectivity index (χ4n) is 1.85. The Kier molecular flexibility index (Phi) is 6.96. The van der Waals surface area contributed by atoms with Crippen LogP contribution in [0.25, 0.3) is 0 Å². The number of carbonyl (C=O) groups excluding carboxylic acids is 3. The summed E-state index contributed by atoms with van der Waals surface area (Å²) in [4.78, 5) is 35.4. The number of esters is 3. The monoisotopic (exact) mass is 346 g/mol. The maximum atomic E-state index is 14.3. The molecule has 0 aliphatic carbocycles. The molecule has 0 spiro atoms. The first kappa shape index (κ1) is 18.9. The molecule has 1 aromatic carbocycles. The average molecular weight is 347 g/mol. The lowest BCUT2D eigenvalue weighted by atomic mass is 9.97. The summed E-state index contributed by atoms with van der Waals surface area (Å²) in [6, 6.07) is 1.82. The molecule has 0 bridgehead atoms. The van der Waals surface area contributed by atoms with Gasteiger partial charge in [0.1, 0.15) is 5.82 Å². The standard InChI is InChI=1S/C15H16ClFO6/c1-4-22-14(19)12(15(20)23-5-2)9-6-10(16)8(7-11(9)17)13(18)21-3/h6-7,12H,4-5H2,1-3H3. The highest BCUT2D eigenvalue weighted by molar-refractivity contribution is 6.33. The van der Waals surface area contributed by atoms with Crippen LogP contribution in [0.3, 0.4) is 0 Å². The van der Waals surface area contributed by atoms with Gasteiger partial charge in [-0.25, -0.2) is 9.18 Å². The molecule has 0 saturated carbocycles. The van der Waals surface area contributed by atoms with Crippen molar-refractivity contribution in [1.82, 2.24) is 0 Å². The van der Waals surface area contributed by atoms with Crippen molar-refractivity contribution in [3.63, 3.8) is 0 Å². The Morgan fingerprint density at radius 1 is 1.13 bits per heavy atom. The van der Waals surface area contributed by atoms with E-state index < -0.39 is 29.6 Å². The van der Waals surface area contributed by atoms with Gasteiger partial charge in [-0.2, -0.15) is 0 Å². The van der Waals surface area contributed by atoms with E-state index in [4.69, 9.17) is 21.1 Å². The third-order valence-corrected chi connectivity index (χ3v) is 3.16. The molecule has 0 unspecified atom stereocenters. The van der Waals surface area contributed by atoms with Crippen LogP contribution >= 0.6 is 11.6 Å². The lowest BCUT2D eigenvalue weighted by Crippen LogP contribution is -2.27. The van der Waals surface area contributed by atoms with Gasteiger partial charge < -0.3 is 14.2 Å². The van der Waals surface area contributed by atoms with Gasteiger partial charge in [-0.15, -0.1) is 0 Å². The van der Waals surface area contributed by atoms with Crippen LogP contribution in [0.2, 0.25) is 5.02 Å². The smallest absolute Gasteiger partial charge is 0.339 e. The molecule has 0 N–H and O–H groups in total. The van der Waals surface area contributed by atoms with Crippen LogP contribution in [0.1, 0.15) is 35.7 Å². The van der Waals surface area contributed by atoms with Crippen molar-refractivity contribution in [2.75, 3.05) is 20.3 Å². The van der Waals surface area contributed by atoms with E-state index in [1.165, 1.54) is 0 Å². The molecule has 0 amide bonds. The molecule has 1 rings (SSSR count). The second-order valence-electron chi connectivity index (χ2n) is 4.28. The van der Waals surface area contributed by atoms with Gasteiger partial charge in [0.05, 0.1) is 30.9 Å². The van der Waals surface area contributed by atoms with Crippen LogP contribution in [0.4, 0.5) is 4.39 Å². The summed E-state index contributed by atoms with van der Waals surface area (Å²) in [5.41, 5.74) is -0.554. The van der Waals surface area contributed by atoms with Crippen molar-refractivity contribution in [2.24, 2.45) is 0 Å². The highest BCUT2D eigenvalue weighted by Crippen LogP contribution is 2.29. The van der Waals surface area contributed by atoms with Gasteiger partial charge in [-0.3, -0.25) is 9.59 Å². The number of halogens is 2. The SMILES string of the molecule is CCOC(=O)C(C(=O)OCC)c1cc(Cl)c(C(=O)OC)cc1F. The Labute approximate surface area is 137 Å². The van der Waals surface area contributed by atoms with Gasteiger partial charge in [0.15, 0.2) is 5.92 Å². The summed E-state index contributed by atoms with van der Waals surface area (Å²) >= 11 is 5.91. The molecule has 8 heteroatoms. The zero-order chi connectivity index (χ0) is 17.6. The van der Waals surface area contributed by atoms with Crippen molar-refractivity contribution < 1.29 is 33.0 Å². The number of hydrogen-bond acceptors (Lipinski definition) is 6. The third kappa shape index (κ3) is 4.41. The predicted octanol–water partition coefficient (Wildman–Crippen LogP) is 2.48. The minimum atomic E-state index is -1.63. The first-order valence-electron chi connectivity index (χ1n) is 6.77. The van der Waals surface area contributed by atoms with E-state index in [0.29, 0.717) is 0 Å². The lowest BCUT2D eigenvalue weighted by Gasteiger charge is -2.16. The zero-order valence-corrected chi connectivity index (χ0v) is 13.6. The summed E-state index contributed by atoms with van der Waals surface area (Å²) in [5, 5.41) is -0.160. The van der Waals surface area contributed by atoms with E-state index in [1.807, 2.05) is 0 Å². The van der Waals surface area contributed by atoms with Crippen molar-refractivity contribution in [3.8, 4) is 0 Å². The molecule has 0 aromatic heterocycles. The average Bonchev–Trinajstić information content (AvgIpc) is 2.50.